The Balaban J connectivity index is 2.16. The van der Waals surface area contributed by atoms with Gasteiger partial charge < -0.3 is 20.9 Å². The van der Waals surface area contributed by atoms with Crippen LogP contribution in [0.2, 0.25) is 0 Å². The highest BCUT2D eigenvalue weighted by Crippen LogP contribution is 2.25. The minimum atomic E-state index is -0.285. The first-order valence-electron chi connectivity index (χ1n) is 6.36. The molecule has 1 fully saturated rings. The maximum atomic E-state index is 9.60. The summed E-state index contributed by atoms with van der Waals surface area (Å²) in [5.74, 6) is 0.976. The molecular formula is C12H19N5O2. The third-order valence-electron chi connectivity index (χ3n) is 3.61. The summed E-state index contributed by atoms with van der Waals surface area (Å²) in [7, 11) is 0. The molecule has 0 radical (unpaired) electrons. The number of hydrogen-bond donors (Lipinski definition) is 3. The monoisotopic (exact) mass is 265 g/mol. The molecule has 1 aromatic rings. The van der Waals surface area contributed by atoms with E-state index in [4.69, 9.17) is 10.9 Å². The standard InChI is InChI=1S/C12H19N5O2/c1-8(18)9-3-6-17(7-4-9)12-10(11(13)16-19)2-5-14-15-12/h2,5,8-9,18-19H,3-4,6-7H2,1H3,(H2,13,16). The van der Waals surface area contributed by atoms with Crippen molar-refractivity contribution in [1.82, 2.24) is 10.2 Å². The number of oxime groups is 1. The van der Waals surface area contributed by atoms with Crippen LogP contribution in [0.3, 0.4) is 0 Å². The van der Waals surface area contributed by atoms with Crippen molar-refractivity contribution in [3.05, 3.63) is 17.8 Å². The number of piperidine rings is 1. The van der Waals surface area contributed by atoms with E-state index in [9.17, 15) is 5.11 Å². The molecule has 1 unspecified atom stereocenters. The fourth-order valence-electron chi connectivity index (χ4n) is 2.41. The second kappa shape index (κ2) is 5.83. The van der Waals surface area contributed by atoms with E-state index in [1.54, 1.807) is 6.07 Å². The maximum absolute atomic E-state index is 9.60. The lowest BCUT2D eigenvalue weighted by molar-refractivity contribution is 0.109. The van der Waals surface area contributed by atoms with Gasteiger partial charge in [-0.05, 0) is 31.7 Å². The third kappa shape index (κ3) is 2.93. The average molecular weight is 265 g/mol. The molecule has 0 amide bonds. The van der Waals surface area contributed by atoms with Gasteiger partial charge in [-0.1, -0.05) is 5.16 Å². The predicted octanol–water partition coefficient (Wildman–Crippen LogP) is 0.168. The van der Waals surface area contributed by atoms with Crippen molar-refractivity contribution in [3.63, 3.8) is 0 Å². The first-order valence-corrected chi connectivity index (χ1v) is 6.36. The summed E-state index contributed by atoms with van der Waals surface area (Å²) in [6.45, 7) is 3.38. The Morgan fingerprint density at radius 3 is 2.79 bits per heavy atom. The van der Waals surface area contributed by atoms with Gasteiger partial charge >= 0.3 is 0 Å². The molecule has 2 heterocycles. The molecule has 0 aliphatic carbocycles. The van der Waals surface area contributed by atoms with Gasteiger partial charge in [-0.15, -0.1) is 5.10 Å². The summed E-state index contributed by atoms with van der Waals surface area (Å²) in [5.41, 5.74) is 6.22. The van der Waals surface area contributed by atoms with Crippen LogP contribution in [0, 0.1) is 5.92 Å². The van der Waals surface area contributed by atoms with Crippen LogP contribution >= 0.6 is 0 Å². The van der Waals surface area contributed by atoms with Crippen LogP contribution in [0.15, 0.2) is 17.4 Å². The van der Waals surface area contributed by atoms with Gasteiger partial charge in [-0.2, -0.15) is 5.10 Å². The van der Waals surface area contributed by atoms with Crippen LogP contribution in [0.25, 0.3) is 0 Å². The van der Waals surface area contributed by atoms with E-state index < -0.39 is 0 Å². The number of nitrogens with zero attached hydrogens (tertiary/aromatic N) is 4. The van der Waals surface area contributed by atoms with Crippen LogP contribution < -0.4 is 10.6 Å². The first-order chi connectivity index (χ1) is 9.13. The van der Waals surface area contributed by atoms with Crippen molar-refractivity contribution in [3.8, 4) is 0 Å². The van der Waals surface area contributed by atoms with Crippen LogP contribution in [0.4, 0.5) is 5.82 Å². The molecule has 7 heteroatoms. The number of amidine groups is 1. The summed E-state index contributed by atoms with van der Waals surface area (Å²) in [6.07, 6.45) is 3.01. The molecule has 1 atom stereocenters. The SMILES string of the molecule is CC(O)C1CCN(c2nnccc2/C(N)=N/O)CC1. The lowest BCUT2D eigenvalue weighted by Gasteiger charge is -2.34. The maximum Gasteiger partial charge on any atom is 0.173 e. The fraction of sp³-hybridized carbons (Fsp3) is 0.583. The number of aliphatic hydroxyl groups is 1. The molecule has 1 aromatic heterocycles. The van der Waals surface area contributed by atoms with Gasteiger partial charge in [0.15, 0.2) is 11.7 Å². The van der Waals surface area contributed by atoms with Crippen LogP contribution in [0.5, 0.6) is 0 Å². The quantitative estimate of drug-likeness (QED) is 0.311. The number of anilines is 1. The van der Waals surface area contributed by atoms with E-state index in [2.05, 4.69) is 20.3 Å². The molecule has 1 aliphatic rings. The zero-order valence-corrected chi connectivity index (χ0v) is 10.9. The van der Waals surface area contributed by atoms with Crippen molar-refractivity contribution in [2.45, 2.75) is 25.9 Å². The Labute approximate surface area is 111 Å². The lowest BCUT2D eigenvalue weighted by atomic mass is 9.92. The molecule has 7 nitrogen and oxygen atoms in total. The van der Waals surface area contributed by atoms with Crippen molar-refractivity contribution in [1.29, 1.82) is 0 Å². The highest BCUT2D eigenvalue weighted by Gasteiger charge is 2.25. The van der Waals surface area contributed by atoms with E-state index in [1.165, 1.54) is 6.20 Å². The normalized spacial score (nSPS) is 19.5. The predicted molar refractivity (Wildman–Crippen MR) is 71.2 cm³/mol. The van der Waals surface area contributed by atoms with Gasteiger partial charge in [-0.3, -0.25) is 0 Å². The molecule has 104 valence electrons. The Bertz CT molecular complexity index is 455. The molecular weight excluding hydrogens is 246 g/mol. The summed E-state index contributed by atoms with van der Waals surface area (Å²) in [5, 5.41) is 29.3. The molecule has 0 aromatic carbocycles. The van der Waals surface area contributed by atoms with E-state index in [1.807, 2.05) is 6.92 Å². The fourth-order valence-corrected chi connectivity index (χ4v) is 2.41. The number of rotatable bonds is 3. The van der Waals surface area contributed by atoms with Crippen molar-refractivity contribution >= 4 is 11.7 Å². The Kier molecular flexibility index (Phi) is 4.16. The largest absolute Gasteiger partial charge is 0.409 e. The molecule has 0 saturated carbocycles. The smallest absolute Gasteiger partial charge is 0.173 e. The highest BCUT2D eigenvalue weighted by molar-refractivity contribution is 6.01. The molecule has 4 N–H and O–H groups in total. The number of aromatic nitrogens is 2. The van der Waals surface area contributed by atoms with Crippen molar-refractivity contribution < 1.29 is 10.3 Å². The summed E-state index contributed by atoms with van der Waals surface area (Å²) in [4.78, 5) is 2.05. The second-order valence-corrected chi connectivity index (χ2v) is 4.82. The van der Waals surface area contributed by atoms with Crippen LogP contribution in [0.1, 0.15) is 25.3 Å². The van der Waals surface area contributed by atoms with Crippen LogP contribution in [-0.2, 0) is 0 Å². The van der Waals surface area contributed by atoms with E-state index in [0.29, 0.717) is 17.3 Å². The van der Waals surface area contributed by atoms with Gasteiger partial charge in [0.1, 0.15) is 0 Å². The van der Waals surface area contributed by atoms with Gasteiger partial charge in [0, 0.05) is 13.1 Å². The molecule has 19 heavy (non-hydrogen) atoms. The van der Waals surface area contributed by atoms with Gasteiger partial charge in [0.05, 0.1) is 17.9 Å². The molecule has 1 saturated heterocycles. The Morgan fingerprint density at radius 2 is 2.21 bits per heavy atom. The summed E-state index contributed by atoms with van der Waals surface area (Å²) >= 11 is 0. The zero-order chi connectivity index (χ0) is 13.8. The molecule has 1 aliphatic heterocycles. The van der Waals surface area contributed by atoms with Crippen molar-refractivity contribution in [2.24, 2.45) is 16.8 Å². The lowest BCUT2D eigenvalue weighted by Crippen LogP contribution is -2.38. The van der Waals surface area contributed by atoms with Gasteiger partial charge in [0.2, 0.25) is 0 Å². The minimum Gasteiger partial charge on any atom is -0.409 e. The number of hydrogen-bond acceptors (Lipinski definition) is 6. The third-order valence-corrected chi connectivity index (χ3v) is 3.61. The number of aliphatic hydroxyl groups excluding tert-OH is 1. The van der Waals surface area contributed by atoms with Crippen LogP contribution in [-0.4, -0.2) is 45.5 Å². The molecule has 2 rings (SSSR count). The Hall–Kier alpha value is -1.89. The summed E-state index contributed by atoms with van der Waals surface area (Å²) in [6, 6.07) is 1.68. The van der Waals surface area contributed by atoms with Gasteiger partial charge in [0.25, 0.3) is 0 Å². The minimum absolute atomic E-state index is 0.0301. The number of nitrogens with two attached hydrogens (primary N) is 1. The van der Waals surface area contributed by atoms with E-state index in [0.717, 1.165) is 25.9 Å². The van der Waals surface area contributed by atoms with E-state index >= 15 is 0 Å². The van der Waals surface area contributed by atoms with Crippen molar-refractivity contribution in [2.75, 3.05) is 18.0 Å². The Morgan fingerprint density at radius 1 is 1.53 bits per heavy atom. The van der Waals surface area contributed by atoms with E-state index in [-0.39, 0.29) is 11.9 Å². The first kappa shape index (κ1) is 13.5. The average Bonchev–Trinajstić information content (AvgIpc) is 2.46. The molecule has 0 spiro atoms. The highest BCUT2D eigenvalue weighted by atomic mass is 16.4. The van der Waals surface area contributed by atoms with Gasteiger partial charge in [-0.25, -0.2) is 0 Å². The topological polar surface area (TPSA) is 108 Å². The second-order valence-electron chi connectivity index (χ2n) is 4.82. The molecule has 0 bridgehead atoms. The summed E-state index contributed by atoms with van der Waals surface area (Å²) < 4.78 is 0. The zero-order valence-electron chi connectivity index (χ0n) is 10.9.